The lowest BCUT2D eigenvalue weighted by molar-refractivity contribution is -0.159. The Bertz CT molecular complexity index is 858. The van der Waals surface area contributed by atoms with Crippen molar-refractivity contribution in [3.8, 4) is 0 Å². The molecule has 5 nitrogen and oxygen atoms in total. The van der Waals surface area contributed by atoms with E-state index in [4.69, 9.17) is 4.74 Å². The third-order valence-corrected chi connectivity index (χ3v) is 8.64. The Labute approximate surface area is 199 Å². The number of piperazine rings is 1. The van der Waals surface area contributed by atoms with E-state index in [9.17, 15) is 9.90 Å². The van der Waals surface area contributed by atoms with Crippen molar-refractivity contribution in [3.05, 3.63) is 41.5 Å². The van der Waals surface area contributed by atoms with E-state index in [0.717, 1.165) is 51.1 Å². The molecule has 0 bridgehead atoms. The van der Waals surface area contributed by atoms with Gasteiger partial charge >= 0.3 is 5.97 Å². The predicted molar refractivity (Wildman–Crippen MR) is 133 cm³/mol. The molecule has 1 aromatic carbocycles. The van der Waals surface area contributed by atoms with Crippen LogP contribution in [0.5, 0.6) is 0 Å². The maximum Gasteiger partial charge on any atom is 0.303 e. The maximum atomic E-state index is 11.8. The monoisotopic (exact) mass is 454 g/mol. The number of fused-ring (bicyclic) bond motifs is 1. The normalized spacial score (nSPS) is 33.8. The van der Waals surface area contributed by atoms with Crippen molar-refractivity contribution in [2.75, 3.05) is 37.6 Å². The fourth-order valence-electron chi connectivity index (χ4n) is 6.49. The minimum absolute atomic E-state index is 0.136. The zero-order valence-electron chi connectivity index (χ0n) is 21.1. The third kappa shape index (κ3) is 5.14. The number of hydrogen-bond donors (Lipinski definition) is 1. The lowest BCUT2D eigenvalue weighted by Gasteiger charge is -2.53. The number of benzene rings is 1. The Balaban J connectivity index is 1.40. The fraction of sp³-hybridized carbons (Fsp3) is 0.679. The molecule has 0 radical (unpaired) electrons. The van der Waals surface area contributed by atoms with Crippen molar-refractivity contribution < 1.29 is 14.6 Å². The molecule has 2 aliphatic carbocycles. The summed E-state index contributed by atoms with van der Waals surface area (Å²) in [4.78, 5) is 16.7. The van der Waals surface area contributed by atoms with Gasteiger partial charge in [0, 0.05) is 57.7 Å². The molecule has 6 atom stereocenters. The Hall–Kier alpha value is -1.85. The van der Waals surface area contributed by atoms with E-state index >= 15 is 0 Å². The number of aliphatic hydroxyl groups is 1. The number of hydrogen-bond acceptors (Lipinski definition) is 5. The molecular formula is C28H42N2O3. The van der Waals surface area contributed by atoms with Crippen LogP contribution in [-0.4, -0.2) is 60.4 Å². The lowest BCUT2D eigenvalue weighted by atomic mass is 9.57. The van der Waals surface area contributed by atoms with Crippen LogP contribution in [-0.2, 0) is 9.53 Å². The number of rotatable bonds is 5. The van der Waals surface area contributed by atoms with Gasteiger partial charge in [0.2, 0.25) is 0 Å². The first kappa shape index (κ1) is 24.3. The summed E-state index contributed by atoms with van der Waals surface area (Å²) < 4.78 is 5.56. The van der Waals surface area contributed by atoms with E-state index in [1.807, 2.05) is 0 Å². The molecule has 5 heteroatoms. The van der Waals surface area contributed by atoms with Crippen molar-refractivity contribution in [3.63, 3.8) is 0 Å². The Morgan fingerprint density at radius 3 is 2.45 bits per heavy atom. The summed E-state index contributed by atoms with van der Waals surface area (Å²) in [5, 5.41) is 11.8. The van der Waals surface area contributed by atoms with Crippen molar-refractivity contribution in [1.82, 2.24) is 4.90 Å². The lowest BCUT2D eigenvalue weighted by Crippen LogP contribution is -2.56. The Morgan fingerprint density at radius 1 is 1.15 bits per heavy atom. The fourth-order valence-corrected chi connectivity index (χ4v) is 6.49. The van der Waals surface area contributed by atoms with Crippen LogP contribution in [0.3, 0.4) is 0 Å². The predicted octanol–water partition coefficient (Wildman–Crippen LogP) is 4.43. The molecule has 1 aromatic rings. The summed E-state index contributed by atoms with van der Waals surface area (Å²) in [6, 6.07) is 8.86. The molecule has 33 heavy (non-hydrogen) atoms. The van der Waals surface area contributed by atoms with Gasteiger partial charge in [0.15, 0.2) is 0 Å². The molecule has 0 spiro atoms. The highest BCUT2D eigenvalue weighted by Crippen LogP contribution is 2.51. The summed E-state index contributed by atoms with van der Waals surface area (Å²) in [7, 11) is 0. The first-order valence-electron chi connectivity index (χ1n) is 12.8. The summed E-state index contributed by atoms with van der Waals surface area (Å²) in [6.45, 7) is 15.5. The second kappa shape index (κ2) is 9.79. The molecule has 4 rings (SSSR count). The van der Waals surface area contributed by atoms with Gasteiger partial charge in [-0.2, -0.15) is 0 Å². The molecule has 1 N–H and O–H groups in total. The van der Waals surface area contributed by atoms with Crippen molar-refractivity contribution >= 4 is 11.7 Å². The van der Waals surface area contributed by atoms with E-state index < -0.39 is 5.60 Å². The minimum Gasteiger partial charge on any atom is -0.458 e. The zero-order chi connectivity index (χ0) is 23.8. The van der Waals surface area contributed by atoms with E-state index in [2.05, 4.69) is 67.8 Å². The van der Waals surface area contributed by atoms with E-state index in [0.29, 0.717) is 18.3 Å². The van der Waals surface area contributed by atoms with Gasteiger partial charge < -0.3 is 14.7 Å². The second-order valence-electron chi connectivity index (χ2n) is 11.0. The molecule has 2 fully saturated rings. The van der Waals surface area contributed by atoms with Gasteiger partial charge in [0.1, 0.15) is 6.10 Å². The number of nitrogens with zero attached hydrogens (tertiary/aromatic N) is 2. The van der Waals surface area contributed by atoms with Crippen LogP contribution in [0.1, 0.15) is 52.5 Å². The van der Waals surface area contributed by atoms with Gasteiger partial charge in [-0.1, -0.05) is 37.6 Å². The molecule has 1 saturated carbocycles. The summed E-state index contributed by atoms with van der Waals surface area (Å²) in [5.74, 6) is 1.04. The molecule has 1 saturated heterocycles. The molecule has 0 aromatic heterocycles. The van der Waals surface area contributed by atoms with Crippen LogP contribution >= 0.6 is 0 Å². The van der Waals surface area contributed by atoms with Crippen LogP contribution < -0.4 is 4.90 Å². The van der Waals surface area contributed by atoms with Crippen LogP contribution in [0.2, 0.25) is 0 Å². The van der Waals surface area contributed by atoms with Crippen LogP contribution in [0.4, 0.5) is 5.69 Å². The number of esters is 1. The number of ether oxygens (including phenoxy) is 1. The van der Waals surface area contributed by atoms with Gasteiger partial charge in [-0.25, -0.2) is 0 Å². The van der Waals surface area contributed by atoms with Crippen LogP contribution in [0, 0.1) is 30.6 Å². The average Bonchev–Trinajstić information content (AvgIpc) is 2.77. The topological polar surface area (TPSA) is 53.0 Å². The van der Waals surface area contributed by atoms with Crippen LogP contribution in [0.15, 0.2) is 35.9 Å². The Morgan fingerprint density at radius 2 is 1.82 bits per heavy atom. The van der Waals surface area contributed by atoms with Gasteiger partial charge in [-0.15, -0.1) is 0 Å². The first-order valence-corrected chi connectivity index (χ1v) is 12.8. The second-order valence-corrected chi connectivity index (χ2v) is 11.0. The first-order chi connectivity index (χ1) is 15.7. The highest BCUT2D eigenvalue weighted by Gasteiger charge is 2.52. The quantitative estimate of drug-likeness (QED) is 0.527. The molecular weight excluding hydrogens is 412 g/mol. The molecule has 3 aliphatic rings. The highest BCUT2D eigenvalue weighted by atomic mass is 16.5. The van der Waals surface area contributed by atoms with Crippen LogP contribution in [0.25, 0.3) is 0 Å². The Kier molecular flexibility index (Phi) is 7.20. The number of anilines is 1. The standard InChI is InChI=1S/C28H42N2O3/c1-19-6-9-24(10-7-19)30-14-12-29(13-15-30)18-21(3)25-11-8-22(4)28(32)17-27(33-23(5)31)20(2)16-26(25)28/h6-7,9-10,16,21-22,25-27,32H,8,11-15,17-18H2,1-5H3/t21-,22-,25+,26-,27-,28-/m1/s1. The number of carbonyl (C=O) groups excluding carboxylic acids is 1. The van der Waals surface area contributed by atoms with E-state index in [-0.39, 0.29) is 23.9 Å². The van der Waals surface area contributed by atoms with Crippen molar-refractivity contribution in [2.24, 2.45) is 23.7 Å². The summed E-state index contributed by atoms with van der Waals surface area (Å²) >= 11 is 0. The van der Waals surface area contributed by atoms with Gasteiger partial charge in [-0.3, -0.25) is 9.69 Å². The molecule has 1 heterocycles. The summed E-state index contributed by atoms with van der Waals surface area (Å²) in [6.07, 6.45) is 4.65. The third-order valence-electron chi connectivity index (χ3n) is 8.64. The van der Waals surface area contributed by atoms with Crippen molar-refractivity contribution in [2.45, 2.75) is 65.6 Å². The number of aryl methyl sites for hydroxylation is 1. The zero-order valence-corrected chi connectivity index (χ0v) is 21.1. The average molecular weight is 455 g/mol. The molecule has 1 aliphatic heterocycles. The van der Waals surface area contributed by atoms with Gasteiger partial charge in [-0.05, 0) is 62.1 Å². The largest absolute Gasteiger partial charge is 0.458 e. The van der Waals surface area contributed by atoms with Gasteiger partial charge in [0.25, 0.3) is 0 Å². The van der Waals surface area contributed by atoms with Crippen molar-refractivity contribution in [1.29, 1.82) is 0 Å². The molecule has 0 amide bonds. The number of carbonyl (C=O) groups is 1. The maximum absolute atomic E-state index is 11.8. The highest BCUT2D eigenvalue weighted by molar-refractivity contribution is 5.66. The smallest absolute Gasteiger partial charge is 0.303 e. The van der Waals surface area contributed by atoms with E-state index in [1.165, 1.54) is 18.2 Å². The molecule has 182 valence electrons. The van der Waals surface area contributed by atoms with E-state index in [1.54, 1.807) is 0 Å². The summed E-state index contributed by atoms with van der Waals surface area (Å²) in [5.41, 5.74) is 2.93. The minimum atomic E-state index is -0.791. The SMILES string of the molecule is CC(=O)O[C@@H]1C[C@@]2(O)[C@H](C)CC[C@@H]([C@H](C)CN3CCN(c4ccc(C)cc4)CC3)[C@H]2C=C1C. The molecule has 0 unspecified atom stereocenters. The van der Waals surface area contributed by atoms with Gasteiger partial charge in [0.05, 0.1) is 5.60 Å².